The van der Waals surface area contributed by atoms with Crippen molar-refractivity contribution in [1.82, 2.24) is 14.8 Å². The lowest BCUT2D eigenvalue weighted by atomic mass is 9.99. The number of likely N-dealkylation sites (tertiary alicyclic amines) is 1. The van der Waals surface area contributed by atoms with Gasteiger partial charge in [-0.15, -0.1) is 11.3 Å². The third kappa shape index (κ3) is 4.16. The number of fused-ring (bicyclic) bond motifs is 1. The van der Waals surface area contributed by atoms with Crippen molar-refractivity contribution in [3.8, 4) is 0 Å². The monoisotopic (exact) mass is 408 g/mol. The molecule has 29 heavy (non-hydrogen) atoms. The van der Waals surface area contributed by atoms with E-state index < -0.39 is 0 Å². The third-order valence-corrected chi connectivity index (χ3v) is 7.34. The lowest BCUT2D eigenvalue weighted by Gasteiger charge is -2.45. The minimum absolute atomic E-state index is 0.277. The Balaban J connectivity index is 1.15. The van der Waals surface area contributed by atoms with Crippen LogP contribution < -0.4 is 4.90 Å². The predicted molar refractivity (Wildman–Crippen MR) is 120 cm³/mol. The minimum atomic E-state index is -0.278. The second-order valence-electron chi connectivity index (χ2n) is 8.12. The maximum atomic E-state index is 10.9. The van der Waals surface area contributed by atoms with Crippen molar-refractivity contribution in [2.24, 2.45) is 0 Å². The molecule has 2 aliphatic heterocycles. The van der Waals surface area contributed by atoms with E-state index >= 15 is 0 Å². The number of aliphatic hydroxyl groups excluding tert-OH is 1. The van der Waals surface area contributed by atoms with Crippen molar-refractivity contribution < 1.29 is 5.11 Å². The largest absolute Gasteiger partial charge is 0.390 e. The first-order valence-electron chi connectivity index (χ1n) is 10.5. The number of nitrogens with zero attached hydrogens (tertiary/aromatic N) is 4. The van der Waals surface area contributed by atoms with Crippen LogP contribution in [0.25, 0.3) is 10.1 Å². The molecule has 2 aliphatic rings. The molecule has 152 valence electrons. The van der Waals surface area contributed by atoms with Gasteiger partial charge in [-0.05, 0) is 36.1 Å². The van der Waals surface area contributed by atoms with Crippen LogP contribution in [0.4, 0.5) is 5.82 Å². The summed E-state index contributed by atoms with van der Waals surface area (Å²) >= 11 is 1.87. The highest BCUT2D eigenvalue weighted by molar-refractivity contribution is 7.19. The molecule has 0 bridgehead atoms. The van der Waals surface area contributed by atoms with Crippen LogP contribution in [0.2, 0.25) is 0 Å². The summed E-state index contributed by atoms with van der Waals surface area (Å²) in [4.78, 5) is 13.1. The Labute approximate surface area is 176 Å². The normalized spacial score (nSPS) is 24.2. The topological polar surface area (TPSA) is 42.8 Å². The van der Waals surface area contributed by atoms with Gasteiger partial charge in [-0.1, -0.05) is 24.3 Å². The number of aliphatic hydroxyl groups is 1. The summed E-state index contributed by atoms with van der Waals surface area (Å²) < 4.78 is 1.35. The van der Waals surface area contributed by atoms with Crippen molar-refractivity contribution in [2.75, 3.05) is 44.2 Å². The zero-order valence-corrected chi connectivity index (χ0v) is 17.5. The molecule has 0 amide bonds. The van der Waals surface area contributed by atoms with Crippen LogP contribution >= 0.6 is 11.3 Å². The summed E-state index contributed by atoms with van der Waals surface area (Å²) in [5.41, 5.74) is 0. The van der Waals surface area contributed by atoms with E-state index in [0.717, 1.165) is 58.1 Å². The standard InChI is InChI=1S/C23H28N4OS/c28-21-17-25(16-19-15-18-5-1-2-6-22(18)29-19)10-8-20(21)26-11-13-27(14-12-26)23-7-3-4-9-24-23/h1-7,9,15,20-21,28H,8,10-14,16-17H2/t20-,21-/m1/s1. The van der Waals surface area contributed by atoms with Gasteiger partial charge in [0.15, 0.2) is 0 Å². The van der Waals surface area contributed by atoms with Crippen molar-refractivity contribution in [1.29, 1.82) is 0 Å². The summed E-state index contributed by atoms with van der Waals surface area (Å²) in [5.74, 6) is 1.06. The number of anilines is 1. The number of hydrogen-bond acceptors (Lipinski definition) is 6. The molecule has 2 aromatic heterocycles. The van der Waals surface area contributed by atoms with Gasteiger partial charge >= 0.3 is 0 Å². The van der Waals surface area contributed by atoms with Crippen LogP contribution in [0.5, 0.6) is 0 Å². The smallest absolute Gasteiger partial charge is 0.128 e. The number of thiophene rings is 1. The molecule has 4 heterocycles. The van der Waals surface area contributed by atoms with Crippen molar-refractivity contribution >= 4 is 27.2 Å². The molecule has 0 aliphatic carbocycles. The van der Waals surface area contributed by atoms with Gasteiger partial charge in [0.25, 0.3) is 0 Å². The predicted octanol–water partition coefficient (Wildman–Crippen LogP) is 3.05. The van der Waals surface area contributed by atoms with Crippen LogP contribution in [0.3, 0.4) is 0 Å². The fourth-order valence-electron chi connectivity index (χ4n) is 4.71. The van der Waals surface area contributed by atoms with Crippen LogP contribution in [-0.4, -0.2) is 71.3 Å². The SMILES string of the molecule is O[C@@H]1CN(Cc2cc3ccccc3s2)CC[C@H]1N1CCN(c2ccccn2)CC1. The molecule has 0 radical (unpaired) electrons. The Kier molecular flexibility index (Phi) is 5.50. The molecule has 1 aromatic carbocycles. The van der Waals surface area contributed by atoms with Gasteiger partial charge in [-0.25, -0.2) is 4.98 Å². The molecular weight excluding hydrogens is 380 g/mol. The Morgan fingerprint density at radius 3 is 2.59 bits per heavy atom. The molecule has 0 spiro atoms. The molecule has 5 nitrogen and oxygen atoms in total. The maximum absolute atomic E-state index is 10.9. The number of β-amino-alcohol motifs (C(OH)–C–C–N with tert-alkyl or cyclic N) is 1. The Hall–Kier alpha value is -1.99. The van der Waals surface area contributed by atoms with Crippen LogP contribution in [-0.2, 0) is 6.54 Å². The Morgan fingerprint density at radius 2 is 1.83 bits per heavy atom. The fraction of sp³-hybridized carbons (Fsp3) is 0.435. The zero-order chi connectivity index (χ0) is 19.6. The highest BCUT2D eigenvalue weighted by Gasteiger charge is 2.33. The number of pyridine rings is 1. The quantitative estimate of drug-likeness (QED) is 0.719. The molecule has 1 N–H and O–H groups in total. The number of piperazine rings is 1. The summed E-state index contributed by atoms with van der Waals surface area (Å²) in [6.07, 6.45) is 2.62. The zero-order valence-electron chi connectivity index (χ0n) is 16.7. The van der Waals surface area contributed by atoms with Crippen molar-refractivity contribution in [2.45, 2.75) is 25.1 Å². The molecule has 2 saturated heterocycles. The summed E-state index contributed by atoms with van der Waals surface area (Å²) in [5, 5.41) is 12.2. The molecule has 3 aromatic rings. The molecule has 6 heteroatoms. The second kappa shape index (κ2) is 8.40. The highest BCUT2D eigenvalue weighted by atomic mass is 32.1. The molecular formula is C23H28N4OS. The maximum Gasteiger partial charge on any atom is 0.128 e. The Morgan fingerprint density at radius 1 is 1.00 bits per heavy atom. The van der Waals surface area contributed by atoms with Gasteiger partial charge in [-0.3, -0.25) is 9.80 Å². The van der Waals surface area contributed by atoms with Crippen LogP contribution in [0.1, 0.15) is 11.3 Å². The number of piperidine rings is 1. The number of aromatic nitrogens is 1. The van der Waals surface area contributed by atoms with E-state index in [0.29, 0.717) is 0 Å². The summed E-state index contributed by atoms with van der Waals surface area (Å²) in [7, 11) is 0. The summed E-state index contributed by atoms with van der Waals surface area (Å²) in [6, 6.07) is 17.2. The number of benzene rings is 1. The lowest BCUT2D eigenvalue weighted by molar-refractivity contribution is -0.0169. The van der Waals surface area contributed by atoms with E-state index in [9.17, 15) is 5.11 Å². The van der Waals surface area contributed by atoms with Crippen LogP contribution in [0.15, 0.2) is 54.7 Å². The first-order valence-corrected chi connectivity index (χ1v) is 11.4. The van der Waals surface area contributed by atoms with Crippen molar-refractivity contribution in [3.63, 3.8) is 0 Å². The van der Waals surface area contributed by atoms with Gasteiger partial charge < -0.3 is 10.0 Å². The molecule has 2 fully saturated rings. The first kappa shape index (κ1) is 19.0. The Bertz CT molecular complexity index is 905. The molecule has 2 atom stereocenters. The van der Waals surface area contributed by atoms with E-state index in [1.807, 2.05) is 29.7 Å². The number of rotatable bonds is 4. The number of hydrogen-bond donors (Lipinski definition) is 1. The average Bonchev–Trinajstić information content (AvgIpc) is 3.17. The first-order chi connectivity index (χ1) is 14.3. The van der Waals surface area contributed by atoms with E-state index in [4.69, 9.17) is 0 Å². The summed E-state index contributed by atoms with van der Waals surface area (Å²) in [6.45, 7) is 6.70. The van der Waals surface area contributed by atoms with E-state index in [1.165, 1.54) is 15.0 Å². The second-order valence-corrected chi connectivity index (χ2v) is 9.29. The average molecular weight is 409 g/mol. The van der Waals surface area contributed by atoms with Crippen molar-refractivity contribution in [3.05, 3.63) is 59.6 Å². The highest BCUT2D eigenvalue weighted by Crippen LogP contribution is 2.28. The van der Waals surface area contributed by atoms with E-state index in [-0.39, 0.29) is 12.1 Å². The van der Waals surface area contributed by atoms with Gasteiger partial charge in [0.1, 0.15) is 5.82 Å². The third-order valence-electron chi connectivity index (χ3n) is 6.24. The van der Waals surface area contributed by atoms with Gasteiger partial charge in [-0.2, -0.15) is 0 Å². The van der Waals surface area contributed by atoms with Gasteiger partial charge in [0.05, 0.1) is 6.10 Å². The fourth-order valence-corrected chi connectivity index (χ4v) is 5.82. The molecule has 0 unspecified atom stereocenters. The van der Waals surface area contributed by atoms with Gasteiger partial charge in [0.2, 0.25) is 0 Å². The minimum Gasteiger partial charge on any atom is -0.390 e. The van der Waals surface area contributed by atoms with E-state index in [1.54, 1.807) is 0 Å². The van der Waals surface area contributed by atoms with Crippen LogP contribution in [0, 0.1) is 0 Å². The molecule has 5 rings (SSSR count). The van der Waals surface area contributed by atoms with E-state index in [2.05, 4.69) is 56.1 Å². The molecule has 0 saturated carbocycles. The lowest BCUT2D eigenvalue weighted by Crippen LogP contribution is -2.58. The van der Waals surface area contributed by atoms with Gasteiger partial charge in [0, 0.05) is 67.6 Å².